The van der Waals surface area contributed by atoms with E-state index >= 15 is 0 Å². The van der Waals surface area contributed by atoms with Crippen molar-refractivity contribution in [1.29, 1.82) is 0 Å². The molecule has 100 valence electrons. The van der Waals surface area contributed by atoms with Crippen molar-refractivity contribution >= 4 is 5.91 Å². The smallest absolute Gasteiger partial charge is 0.240 e. The maximum atomic E-state index is 11.9. The van der Waals surface area contributed by atoms with Gasteiger partial charge in [-0.2, -0.15) is 0 Å². The van der Waals surface area contributed by atoms with Crippen LogP contribution in [-0.4, -0.2) is 34.2 Å². The maximum absolute atomic E-state index is 11.9. The minimum absolute atomic E-state index is 0.106. The number of nitrogens with one attached hydrogen (secondary N) is 1. The van der Waals surface area contributed by atoms with Gasteiger partial charge in [0.1, 0.15) is 6.54 Å². The Morgan fingerprint density at radius 2 is 2.37 bits per heavy atom. The van der Waals surface area contributed by atoms with E-state index in [0.717, 1.165) is 5.69 Å². The monoisotopic (exact) mass is 260 g/mol. The minimum Gasteiger partial charge on any atom is -0.382 e. The molecular weight excluding hydrogens is 244 g/mol. The molecule has 0 bridgehead atoms. The van der Waals surface area contributed by atoms with Gasteiger partial charge in [0, 0.05) is 25.7 Å². The van der Waals surface area contributed by atoms with Crippen LogP contribution in [0, 0.1) is 0 Å². The van der Waals surface area contributed by atoms with Gasteiger partial charge in [-0.3, -0.25) is 9.78 Å². The number of hydrogen-bond acceptors (Lipinski definition) is 4. The molecule has 19 heavy (non-hydrogen) atoms. The van der Waals surface area contributed by atoms with E-state index in [9.17, 15) is 4.79 Å². The van der Waals surface area contributed by atoms with Gasteiger partial charge in [-0.05, 0) is 12.1 Å². The lowest BCUT2D eigenvalue weighted by atomic mass is 10.2. The lowest BCUT2D eigenvalue weighted by Gasteiger charge is -2.17. The Labute approximate surface area is 111 Å². The molecule has 0 aliphatic heterocycles. The highest BCUT2D eigenvalue weighted by atomic mass is 16.5. The average molecular weight is 260 g/mol. The molecule has 6 nitrogen and oxygen atoms in total. The summed E-state index contributed by atoms with van der Waals surface area (Å²) in [5.41, 5.74) is 0.781. The fourth-order valence-corrected chi connectivity index (χ4v) is 1.74. The second-order valence-corrected chi connectivity index (χ2v) is 4.07. The number of imidazole rings is 1. The van der Waals surface area contributed by atoms with Crippen LogP contribution >= 0.6 is 0 Å². The predicted octanol–water partition coefficient (Wildman–Crippen LogP) is 0.782. The van der Waals surface area contributed by atoms with Crippen LogP contribution in [0.25, 0.3) is 0 Å². The van der Waals surface area contributed by atoms with E-state index in [4.69, 9.17) is 4.74 Å². The van der Waals surface area contributed by atoms with Crippen LogP contribution in [0.2, 0.25) is 0 Å². The van der Waals surface area contributed by atoms with Gasteiger partial charge in [0.05, 0.1) is 24.7 Å². The minimum atomic E-state index is -0.248. The number of amides is 1. The third kappa shape index (κ3) is 3.89. The van der Waals surface area contributed by atoms with Gasteiger partial charge in [-0.25, -0.2) is 4.98 Å². The number of carbonyl (C=O) groups is 1. The SMILES string of the molecule is COCC(NC(=O)Cn1ccnc1)c1ccccn1. The molecule has 0 radical (unpaired) electrons. The molecule has 0 spiro atoms. The molecule has 1 atom stereocenters. The summed E-state index contributed by atoms with van der Waals surface area (Å²) in [5.74, 6) is -0.106. The van der Waals surface area contributed by atoms with Gasteiger partial charge in [0.25, 0.3) is 0 Å². The topological polar surface area (TPSA) is 69.0 Å². The van der Waals surface area contributed by atoms with Crippen molar-refractivity contribution in [2.24, 2.45) is 0 Å². The Morgan fingerprint density at radius 3 is 3.00 bits per heavy atom. The molecule has 1 amide bonds. The van der Waals surface area contributed by atoms with Gasteiger partial charge in [-0.1, -0.05) is 6.07 Å². The second-order valence-electron chi connectivity index (χ2n) is 4.07. The standard InChI is InChI=1S/C13H16N4O2/c1-19-9-12(11-4-2-3-5-15-11)16-13(18)8-17-7-6-14-10-17/h2-7,10,12H,8-9H2,1H3,(H,16,18). The Kier molecular flexibility index (Phi) is 4.63. The highest BCUT2D eigenvalue weighted by Gasteiger charge is 2.15. The number of methoxy groups -OCH3 is 1. The molecule has 0 saturated heterocycles. The molecule has 2 aromatic rings. The molecule has 0 aromatic carbocycles. The first kappa shape index (κ1) is 13.2. The zero-order chi connectivity index (χ0) is 13.5. The highest BCUT2D eigenvalue weighted by Crippen LogP contribution is 2.09. The summed E-state index contributed by atoms with van der Waals surface area (Å²) in [4.78, 5) is 20.1. The molecular formula is C13H16N4O2. The molecule has 0 fully saturated rings. The lowest BCUT2D eigenvalue weighted by molar-refractivity contribution is -0.122. The van der Waals surface area contributed by atoms with Crippen molar-refractivity contribution in [2.45, 2.75) is 12.6 Å². The normalized spacial score (nSPS) is 12.1. The van der Waals surface area contributed by atoms with Gasteiger partial charge in [-0.15, -0.1) is 0 Å². The summed E-state index contributed by atoms with van der Waals surface area (Å²) in [5, 5.41) is 2.90. The van der Waals surface area contributed by atoms with Gasteiger partial charge in [0.2, 0.25) is 5.91 Å². The van der Waals surface area contributed by atoms with Crippen LogP contribution in [0.3, 0.4) is 0 Å². The van der Waals surface area contributed by atoms with Crippen molar-refractivity contribution in [1.82, 2.24) is 19.9 Å². The Hall–Kier alpha value is -2.21. The summed E-state index contributed by atoms with van der Waals surface area (Å²) in [6.45, 7) is 0.611. The predicted molar refractivity (Wildman–Crippen MR) is 69.2 cm³/mol. The summed E-state index contributed by atoms with van der Waals surface area (Å²) < 4.78 is 6.83. The van der Waals surface area contributed by atoms with Crippen LogP contribution in [0.4, 0.5) is 0 Å². The first-order valence-electron chi connectivity index (χ1n) is 5.94. The molecule has 1 N–H and O–H groups in total. The second kappa shape index (κ2) is 6.65. The molecule has 0 saturated carbocycles. The van der Waals surface area contributed by atoms with E-state index in [1.165, 1.54) is 0 Å². The maximum Gasteiger partial charge on any atom is 0.240 e. The lowest BCUT2D eigenvalue weighted by Crippen LogP contribution is -2.34. The molecule has 2 rings (SSSR count). The van der Waals surface area contributed by atoms with Gasteiger partial charge < -0.3 is 14.6 Å². The fraction of sp³-hybridized carbons (Fsp3) is 0.308. The number of rotatable bonds is 6. The van der Waals surface area contributed by atoms with Crippen molar-refractivity contribution in [3.63, 3.8) is 0 Å². The molecule has 0 aliphatic rings. The summed E-state index contributed by atoms with van der Waals surface area (Å²) in [7, 11) is 1.60. The van der Waals surface area contributed by atoms with E-state index in [0.29, 0.717) is 6.61 Å². The molecule has 0 aliphatic carbocycles. The van der Waals surface area contributed by atoms with Crippen LogP contribution in [-0.2, 0) is 16.1 Å². The van der Waals surface area contributed by atoms with E-state index < -0.39 is 0 Å². The first-order valence-corrected chi connectivity index (χ1v) is 5.94. The Balaban J connectivity index is 1.98. The number of hydrogen-bond donors (Lipinski definition) is 1. The van der Waals surface area contributed by atoms with Crippen LogP contribution < -0.4 is 5.32 Å². The number of ether oxygens (including phenoxy) is 1. The molecule has 2 heterocycles. The largest absolute Gasteiger partial charge is 0.382 e. The van der Waals surface area contributed by atoms with Crippen molar-refractivity contribution in [2.75, 3.05) is 13.7 Å². The van der Waals surface area contributed by atoms with E-state index in [1.54, 1.807) is 36.6 Å². The van der Waals surface area contributed by atoms with E-state index in [-0.39, 0.29) is 18.5 Å². The third-order valence-electron chi connectivity index (χ3n) is 2.60. The fourth-order valence-electron chi connectivity index (χ4n) is 1.74. The summed E-state index contributed by atoms with van der Waals surface area (Å²) >= 11 is 0. The van der Waals surface area contributed by atoms with E-state index in [1.807, 2.05) is 18.2 Å². The zero-order valence-electron chi connectivity index (χ0n) is 10.7. The first-order chi connectivity index (χ1) is 9.29. The van der Waals surface area contributed by atoms with Gasteiger partial charge >= 0.3 is 0 Å². The number of carbonyl (C=O) groups excluding carboxylic acids is 1. The van der Waals surface area contributed by atoms with Gasteiger partial charge in [0.15, 0.2) is 0 Å². The van der Waals surface area contributed by atoms with Crippen molar-refractivity contribution in [3.8, 4) is 0 Å². The van der Waals surface area contributed by atoms with Crippen molar-refractivity contribution < 1.29 is 9.53 Å². The molecule has 6 heteroatoms. The van der Waals surface area contributed by atoms with Crippen LogP contribution in [0.1, 0.15) is 11.7 Å². The molecule has 1 unspecified atom stereocenters. The van der Waals surface area contributed by atoms with Crippen LogP contribution in [0.5, 0.6) is 0 Å². The zero-order valence-corrected chi connectivity index (χ0v) is 10.7. The number of pyridine rings is 1. The van der Waals surface area contributed by atoms with E-state index in [2.05, 4.69) is 15.3 Å². The van der Waals surface area contributed by atoms with Crippen molar-refractivity contribution in [3.05, 3.63) is 48.8 Å². The number of aromatic nitrogens is 3. The average Bonchev–Trinajstić information content (AvgIpc) is 2.92. The Bertz CT molecular complexity index is 499. The van der Waals surface area contributed by atoms with Crippen LogP contribution in [0.15, 0.2) is 43.1 Å². The summed E-state index contributed by atoms with van der Waals surface area (Å²) in [6, 6.07) is 5.33. The summed E-state index contributed by atoms with van der Waals surface area (Å²) in [6.07, 6.45) is 6.68. The third-order valence-corrected chi connectivity index (χ3v) is 2.60. The highest BCUT2D eigenvalue weighted by molar-refractivity contribution is 5.76. The quantitative estimate of drug-likeness (QED) is 0.833. The Morgan fingerprint density at radius 1 is 1.47 bits per heavy atom. The number of nitrogens with zero attached hydrogens (tertiary/aromatic N) is 3. The molecule has 2 aromatic heterocycles.